The molecule has 0 aromatic heterocycles. The number of alkyl halides is 6. The Balaban J connectivity index is 0.000000762. The average Bonchev–Trinajstić information content (AvgIpc) is 3.79. The summed E-state index contributed by atoms with van der Waals surface area (Å²) in [5.74, 6) is 0. The first kappa shape index (κ1) is 36.4. The molecule has 0 aliphatic rings. The third-order valence-electron chi connectivity index (χ3n) is 7.43. The van der Waals surface area contributed by atoms with Gasteiger partial charge in [-0.15, -0.1) is 10.9 Å². The van der Waals surface area contributed by atoms with Crippen molar-refractivity contribution >= 4 is 42.4 Å². The minimum Gasteiger partial charge on any atom is -0.748 e. The fourth-order valence-electron chi connectivity index (χ4n) is 5.24. The molecule has 47 heavy (non-hydrogen) atoms. The van der Waals surface area contributed by atoms with Crippen LogP contribution in [0.25, 0.3) is 0 Å². The Kier molecular flexibility index (Phi) is 12.5. The molecule has 0 saturated carbocycles. The standard InChI is InChI=1S/C33H25F6P2.C5H5.Fe/c1-23(30-13-8-14-31(30)41(26-9-4-2-5-10-26)27-11-6-3-7-12-27)40(28-19-15-24(16-20-28)32(34,35)36)29-21-17-25(18-22-29)33(37,38)39;1-2-4-5-3-1;/h2-23H,1H3;1-5H;/q-1;-5;. The van der Waals surface area contributed by atoms with Crippen molar-refractivity contribution in [1.82, 2.24) is 0 Å². The molecule has 248 valence electrons. The molecule has 1 unspecified atom stereocenters. The van der Waals surface area contributed by atoms with Gasteiger partial charge in [-0.2, -0.15) is 32.4 Å². The Bertz CT molecular complexity index is 1650. The Labute approximate surface area is 284 Å². The van der Waals surface area contributed by atoms with Crippen LogP contribution in [0.15, 0.2) is 158 Å². The summed E-state index contributed by atoms with van der Waals surface area (Å²) in [6, 6.07) is 46.4. The Morgan fingerprint density at radius 1 is 0.511 bits per heavy atom. The van der Waals surface area contributed by atoms with Crippen LogP contribution in [0.5, 0.6) is 0 Å². The molecule has 6 aromatic rings. The van der Waals surface area contributed by atoms with Crippen LogP contribution in [0.1, 0.15) is 29.3 Å². The van der Waals surface area contributed by atoms with E-state index in [0.29, 0.717) is 10.6 Å². The molecular formula is C38H30F6FeP2-6. The van der Waals surface area contributed by atoms with Crippen molar-refractivity contribution in [3.63, 3.8) is 0 Å². The molecule has 0 aliphatic carbocycles. The molecule has 0 aliphatic heterocycles. The summed E-state index contributed by atoms with van der Waals surface area (Å²) in [7, 11) is -2.32. The summed E-state index contributed by atoms with van der Waals surface area (Å²) in [4.78, 5) is 0. The van der Waals surface area contributed by atoms with Crippen molar-refractivity contribution in [3.8, 4) is 0 Å². The van der Waals surface area contributed by atoms with Gasteiger partial charge in [0.05, 0.1) is 11.1 Å². The largest absolute Gasteiger partial charge is 0.748 e. The van der Waals surface area contributed by atoms with E-state index >= 15 is 0 Å². The van der Waals surface area contributed by atoms with Gasteiger partial charge < -0.3 is 30.3 Å². The monoisotopic (exact) mass is 718 g/mol. The Morgan fingerprint density at radius 2 is 0.894 bits per heavy atom. The van der Waals surface area contributed by atoms with Crippen LogP contribution in [0.3, 0.4) is 0 Å². The van der Waals surface area contributed by atoms with Crippen LogP contribution >= 0.6 is 15.8 Å². The van der Waals surface area contributed by atoms with Gasteiger partial charge in [-0.1, -0.05) is 91.9 Å². The molecule has 0 radical (unpaired) electrons. The number of rotatable bonds is 7. The predicted octanol–water partition coefficient (Wildman–Crippen LogP) is 9.80. The first-order valence-electron chi connectivity index (χ1n) is 14.5. The zero-order valence-corrected chi connectivity index (χ0v) is 28.0. The molecule has 6 aromatic carbocycles. The van der Waals surface area contributed by atoms with Gasteiger partial charge in [0.1, 0.15) is 0 Å². The van der Waals surface area contributed by atoms with E-state index < -0.39 is 39.3 Å². The van der Waals surface area contributed by atoms with Crippen LogP contribution in [-0.2, 0) is 29.4 Å². The maximum atomic E-state index is 13.3. The van der Waals surface area contributed by atoms with E-state index in [-0.39, 0.29) is 22.7 Å². The van der Waals surface area contributed by atoms with Gasteiger partial charge in [-0.3, -0.25) is 0 Å². The van der Waals surface area contributed by atoms with Crippen LogP contribution in [0.4, 0.5) is 26.3 Å². The van der Waals surface area contributed by atoms with Gasteiger partial charge in [-0.05, 0) is 67.0 Å². The quantitative estimate of drug-likeness (QED) is 0.0668. The normalized spacial score (nSPS) is 12.3. The molecule has 6 rings (SSSR count). The fourth-order valence-corrected chi connectivity index (χ4v) is 10.5. The van der Waals surface area contributed by atoms with Crippen molar-refractivity contribution < 1.29 is 43.4 Å². The van der Waals surface area contributed by atoms with Crippen molar-refractivity contribution in [2.75, 3.05) is 0 Å². The maximum absolute atomic E-state index is 13.3. The van der Waals surface area contributed by atoms with Gasteiger partial charge in [0.15, 0.2) is 0 Å². The van der Waals surface area contributed by atoms with Crippen LogP contribution in [0, 0.1) is 0 Å². The fraction of sp³-hybridized carbons (Fsp3) is 0.105. The van der Waals surface area contributed by atoms with E-state index in [1.165, 1.54) is 24.3 Å². The van der Waals surface area contributed by atoms with Crippen molar-refractivity contribution in [1.29, 1.82) is 0 Å². The molecule has 0 N–H and O–H groups in total. The van der Waals surface area contributed by atoms with Crippen molar-refractivity contribution in [3.05, 3.63) is 174 Å². The Hall–Kier alpha value is -3.46. The summed E-state index contributed by atoms with van der Waals surface area (Å²) >= 11 is 0. The predicted molar refractivity (Wildman–Crippen MR) is 180 cm³/mol. The van der Waals surface area contributed by atoms with Crippen LogP contribution in [0.2, 0.25) is 0 Å². The molecule has 0 amide bonds. The molecule has 9 heteroatoms. The van der Waals surface area contributed by atoms with Gasteiger partial charge in [0.2, 0.25) is 0 Å². The van der Waals surface area contributed by atoms with Gasteiger partial charge in [0.25, 0.3) is 0 Å². The van der Waals surface area contributed by atoms with E-state index in [0.717, 1.165) is 45.7 Å². The Morgan fingerprint density at radius 3 is 1.26 bits per heavy atom. The first-order chi connectivity index (χ1) is 22.0. The maximum Gasteiger partial charge on any atom is 0.416 e. The summed E-state index contributed by atoms with van der Waals surface area (Å²) in [6.45, 7) is 2.02. The molecule has 0 bridgehead atoms. The van der Waals surface area contributed by atoms with Crippen LogP contribution in [-0.4, -0.2) is 0 Å². The first-order valence-corrected chi connectivity index (χ1v) is 17.3. The zero-order chi connectivity index (χ0) is 32.7. The van der Waals surface area contributed by atoms with Crippen molar-refractivity contribution in [2.24, 2.45) is 0 Å². The minimum atomic E-state index is -4.48. The number of benzene rings is 4. The van der Waals surface area contributed by atoms with Gasteiger partial charge in [-0.25, -0.2) is 12.1 Å². The van der Waals surface area contributed by atoms with E-state index in [2.05, 4.69) is 30.3 Å². The number of hydrogen-bond donors (Lipinski definition) is 0. The molecule has 0 saturated heterocycles. The van der Waals surface area contributed by atoms with E-state index in [9.17, 15) is 26.3 Å². The second-order valence-electron chi connectivity index (χ2n) is 10.5. The molecule has 0 spiro atoms. The summed E-state index contributed by atoms with van der Waals surface area (Å²) in [5.41, 5.74) is -0.681. The van der Waals surface area contributed by atoms with E-state index in [4.69, 9.17) is 0 Å². The SMILES string of the molecule is CC([c-]1cccc1P(c1ccccc1)c1ccccc1)P(c1ccc(C(F)(F)F)cc1)c1ccc(C(F)(F)F)cc1.[Fe].[cH-]1[cH-][cH-][cH-][cH-]1. The van der Waals surface area contributed by atoms with Gasteiger partial charge >= 0.3 is 12.4 Å². The molecule has 0 heterocycles. The minimum absolute atomic E-state index is 0. The summed E-state index contributed by atoms with van der Waals surface area (Å²) in [6.07, 6.45) is -8.97. The third-order valence-corrected chi connectivity index (χ3v) is 12.7. The number of halogens is 6. The third kappa shape index (κ3) is 9.12. The summed E-state index contributed by atoms with van der Waals surface area (Å²) < 4.78 is 80.1. The van der Waals surface area contributed by atoms with E-state index in [1.807, 2.05) is 85.8 Å². The zero-order valence-electron chi connectivity index (χ0n) is 25.1. The smallest absolute Gasteiger partial charge is 0.416 e. The second kappa shape index (κ2) is 16.1. The second-order valence-corrected chi connectivity index (χ2v) is 15.2. The molecular weight excluding hydrogens is 688 g/mol. The van der Waals surface area contributed by atoms with Crippen LogP contribution < -0.4 is 26.5 Å². The average molecular weight is 718 g/mol. The molecule has 1 atom stereocenters. The van der Waals surface area contributed by atoms with E-state index in [1.54, 1.807) is 0 Å². The molecule has 0 nitrogen and oxygen atoms in total. The van der Waals surface area contributed by atoms with Gasteiger partial charge in [0, 0.05) is 17.1 Å². The molecule has 0 fully saturated rings. The topological polar surface area (TPSA) is 0 Å². The summed E-state index contributed by atoms with van der Waals surface area (Å²) in [5, 5.41) is 4.76. The van der Waals surface area contributed by atoms with Crippen molar-refractivity contribution in [2.45, 2.75) is 24.9 Å². The number of hydrogen-bond acceptors (Lipinski definition) is 0.